The van der Waals surface area contributed by atoms with E-state index in [-0.39, 0.29) is 0 Å². The van der Waals surface area contributed by atoms with Gasteiger partial charge in [-0.3, -0.25) is 0 Å². The van der Waals surface area contributed by atoms with Crippen LogP contribution < -0.4 is 10.1 Å². The van der Waals surface area contributed by atoms with Gasteiger partial charge in [0.1, 0.15) is 5.75 Å². The van der Waals surface area contributed by atoms with Gasteiger partial charge in [-0.15, -0.1) is 0 Å². The van der Waals surface area contributed by atoms with Crippen LogP contribution in [0.25, 0.3) is 0 Å². The lowest BCUT2D eigenvalue weighted by Gasteiger charge is -2.21. The zero-order chi connectivity index (χ0) is 14.1. The third-order valence-corrected chi connectivity index (χ3v) is 3.82. The molecule has 0 aliphatic rings. The van der Waals surface area contributed by atoms with Gasteiger partial charge in [0.05, 0.1) is 7.11 Å². The van der Waals surface area contributed by atoms with Crippen LogP contribution in [-0.4, -0.2) is 20.2 Å². The van der Waals surface area contributed by atoms with E-state index < -0.39 is 0 Å². The molecule has 0 amide bonds. The molecule has 0 fully saturated rings. The van der Waals surface area contributed by atoms with Gasteiger partial charge in [0.2, 0.25) is 0 Å². The summed E-state index contributed by atoms with van der Waals surface area (Å²) in [5.41, 5.74) is 1.33. The molecule has 1 aromatic carbocycles. The van der Waals surface area contributed by atoms with E-state index in [1.54, 1.807) is 7.11 Å². The van der Waals surface area contributed by atoms with Crippen LogP contribution in [0.4, 0.5) is 0 Å². The maximum absolute atomic E-state index is 5.46. The molecule has 0 saturated heterocycles. The number of hydrogen-bond donors (Lipinski definition) is 1. The van der Waals surface area contributed by atoms with Crippen molar-refractivity contribution in [2.45, 2.75) is 40.0 Å². The molecule has 0 aliphatic heterocycles. The average molecular weight is 263 g/mol. The number of para-hydroxylation sites is 1. The SMILES string of the molecule is CCNCC(Cc1ccccc1OC)CC(C)CC. The van der Waals surface area contributed by atoms with E-state index in [1.807, 2.05) is 6.07 Å². The minimum atomic E-state index is 0.686. The lowest BCUT2D eigenvalue weighted by molar-refractivity contribution is 0.356. The average Bonchev–Trinajstić information content (AvgIpc) is 2.45. The van der Waals surface area contributed by atoms with E-state index in [4.69, 9.17) is 4.74 Å². The fourth-order valence-electron chi connectivity index (χ4n) is 2.51. The van der Waals surface area contributed by atoms with Gasteiger partial charge in [-0.2, -0.15) is 0 Å². The fraction of sp³-hybridized carbons (Fsp3) is 0.647. The number of hydrogen-bond acceptors (Lipinski definition) is 2. The maximum atomic E-state index is 5.46. The molecule has 2 nitrogen and oxygen atoms in total. The molecule has 0 aromatic heterocycles. The zero-order valence-corrected chi connectivity index (χ0v) is 12.9. The molecule has 2 heteroatoms. The second-order valence-corrected chi connectivity index (χ2v) is 5.44. The molecule has 108 valence electrons. The van der Waals surface area contributed by atoms with Crippen molar-refractivity contribution in [1.29, 1.82) is 0 Å². The van der Waals surface area contributed by atoms with Crippen molar-refractivity contribution >= 4 is 0 Å². The van der Waals surface area contributed by atoms with Gasteiger partial charge in [0.25, 0.3) is 0 Å². The maximum Gasteiger partial charge on any atom is 0.122 e. The molecule has 0 bridgehead atoms. The van der Waals surface area contributed by atoms with Gasteiger partial charge < -0.3 is 10.1 Å². The lowest BCUT2D eigenvalue weighted by Crippen LogP contribution is -2.25. The highest BCUT2D eigenvalue weighted by molar-refractivity contribution is 5.33. The van der Waals surface area contributed by atoms with E-state index in [2.05, 4.69) is 44.3 Å². The highest BCUT2D eigenvalue weighted by Crippen LogP contribution is 2.24. The summed E-state index contributed by atoms with van der Waals surface area (Å²) in [4.78, 5) is 0. The number of benzene rings is 1. The van der Waals surface area contributed by atoms with Crippen molar-refractivity contribution in [3.63, 3.8) is 0 Å². The van der Waals surface area contributed by atoms with E-state index in [1.165, 1.54) is 18.4 Å². The Morgan fingerprint density at radius 2 is 1.95 bits per heavy atom. The van der Waals surface area contributed by atoms with Crippen LogP contribution in [0.3, 0.4) is 0 Å². The predicted molar refractivity (Wildman–Crippen MR) is 82.8 cm³/mol. The normalized spacial score (nSPS) is 14.1. The van der Waals surface area contributed by atoms with Crippen molar-refractivity contribution in [1.82, 2.24) is 5.32 Å². The molecule has 1 N–H and O–H groups in total. The van der Waals surface area contributed by atoms with Gasteiger partial charge in [-0.1, -0.05) is 45.4 Å². The fourth-order valence-corrected chi connectivity index (χ4v) is 2.51. The second-order valence-electron chi connectivity index (χ2n) is 5.44. The molecular formula is C17H29NO. The van der Waals surface area contributed by atoms with Gasteiger partial charge in [-0.05, 0) is 49.4 Å². The Morgan fingerprint density at radius 3 is 2.58 bits per heavy atom. The number of nitrogens with one attached hydrogen (secondary N) is 1. The van der Waals surface area contributed by atoms with Gasteiger partial charge in [0, 0.05) is 0 Å². The Hall–Kier alpha value is -1.02. The summed E-state index contributed by atoms with van der Waals surface area (Å²) in [6.45, 7) is 8.93. The van der Waals surface area contributed by atoms with E-state index in [0.717, 1.165) is 31.2 Å². The summed E-state index contributed by atoms with van der Waals surface area (Å²) in [5.74, 6) is 2.50. The number of methoxy groups -OCH3 is 1. The van der Waals surface area contributed by atoms with Gasteiger partial charge in [-0.25, -0.2) is 0 Å². The van der Waals surface area contributed by atoms with Crippen molar-refractivity contribution < 1.29 is 4.74 Å². The summed E-state index contributed by atoms with van der Waals surface area (Å²) < 4.78 is 5.46. The summed E-state index contributed by atoms with van der Waals surface area (Å²) in [5, 5.41) is 3.49. The van der Waals surface area contributed by atoms with E-state index in [9.17, 15) is 0 Å². The Bertz CT molecular complexity index is 351. The van der Waals surface area contributed by atoms with Crippen LogP contribution in [0.15, 0.2) is 24.3 Å². The van der Waals surface area contributed by atoms with Crippen molar-refractivity contribution in [2.75, 3.05) is 20.2 Å². The highest BCUT2D eigenvalue weighted by atomic mass is 16.5. The third-order valence-electron chi connectivity index (χ3n) is 3.82. The summed E-state index contributed by atoms with van der Waals surface area (Å²) in [6.07, 6.45) is 3.64. The van der Waals surface area contributed by atoms with Crippen LogP contribution in [0.2, 0.25) is 0 Å². The molecule has 0 aliphatic carbocycles. The van der Waals surface area contributed by atoms with Gasteiger partial charge in [0.15, 0.2) is 0 Å². The standard InChI is InChI=1S/C17H29NO/c1-5-14(3)11-15(13-18-6-2)12-16-9-7-8-10-17(16)19-4/h7-10,14-15,18H,5-6,11-13H2,1-4H3. The molecule has 0 radical (unpaired) electrons. The topological polar surface area (TPSA) is 21.3 Å². The van der Waals surface area contributed by atoms with Crippen molar-refractivity contribution in [3.8, 4) is 5.75 Å². The molecule has 1 aromatic rings. The monoisotopic (exact) mass is 263 g/mol. The first-order valence-corrected chi connectivity index (χ1v) is 7.53. The smallest absolute Gasteiger partial charge is 0.122 e. The van der Waals surface area contributed by atoms with Crippen molar-refractivity contribution in [3.05, 3.63) is 29.8 Å². The van der Waals surface area contributed by atoms with Crippen LogP contribution in [-0.2, 0) is 6.42 Å². The Kier molecular flexibility index (Phi) is 7.57. The molecule has 2 atom stereocenters. The third kappa shape index (κ3) is 5.65. The lowest BCUT2D eigenvalue weighted by atomic mass is 9.88. The molecule has 2 unspecified atom stereocenters. The number of rotatable bonds is 9. The van der Waals surface area contributed by atoms with Crippen LogP contribution >= 0.6 is 0 Å². The Morgan fingerprint density at radius 1 is 1.21 bits per heavy atom. The quantitative estimate of drug-likeness (QED) is 0.729. The summed E-state index contributed by atoms with van der Waals surface area (Å²) >= 11 is 0. The molecular weight excluding hydrogens is 234 g/mol. The van der Waals surface area contributed by atoms with E-state index >= 15 is 0 Å². The minimum absolute atomic E-state index is 0.686. The van der Waals surface area contributed by atoms with E-state index in [0.29, 0.717) is 5.92 Å². The Labute approximate surface area is 118 Å². The largest absolute Gasteiger partial charge is 0.496 e. The second kappa shape index (κ2) is 8.98. The Balaban J connectivity index is 2.69. The van der Waals surface area contributed by atoms with Crippen LogP contribution in [0, 0.1) is 11.8 Å². The van der Waals surface area contributed by atoms with Crippen LogP contribution in [0.5, 0.6) is 5.75 Å². The molecule has 1 rings (SSSR count). The molecule has 0 saturated carbocycles. The minimum Gasteiger partial charge on any atom is -0.496 e. The first-order chi connectivity index (χ1) is 9.21. The molecule has 0 spiro atoms. The molecule has 0 heterocycles. The highest BCUT2D eigenvalue weighted by Gasteiger charge is 2.14. The summed E-state index contributed by atoms with van der Waals surface area (Å²) in [7, 11) is 1.76. The van der Waals surface area contributed by atoms with Crippen LogP contribution in [0.1, 0.15) is 39.2 Å². The predicted octanol–water partition coefficient (Wildman–Crippen LogP) is 3.90. The van der Waals surface area contributed by atoms with Gasteiger partial charge >= 0.3 is 0 Å². The summed E-state index contributed by atoms with van der Waals surface area (Å²) in [6, 6.07) is 8.39. The first-order valence-electron chi connectivity index (χ1n) is 7.53. The first kappa shape index (κ1) is 16.0. The van der Waals surface area contributed by atoms with Crippen molar-refractivity contribution in [2.24, 2.45) is 11.8 Å². The number of ether oxygens (including phenoxy) is 1. The zero-order valence-electron chi connectivity index (χ0n) is 12.9. The molecule has 19 heavy (non-hydrogen) atoms.